The van der Waals surface area contributed by atoms with Crippen LogP contribution in [0, 0.1) is 0 Å². The first-order valence-corrected chi connectivity index (χ1v) is 2.25. The van der Waals surface area contributed by atoms with Crippen LogP contribution in [0.5, 0.6) is 0 Å². The van der Waals surface area contributed by atoms with Gasteiger partial charge in [0.05, 0.1) is 0 Å². The van der Waals surface area contributed by atoms with Gasteiger partial charge in [0.1, 0.15) is 12.5 Å². The summed E-state index contributed by atoms with van der Waals surface area (Å²) in [6.45, 7) is 3.10. The van der Waals surface area contributed by atoms with Gasteiger partial charge in [-0.1, -0.05) is 0 Å². The van der Waals surface area contributed by atoms with Crippen LogP contribution in [0.4, 0.5) is 0 Å². The fourth-order valence-electron chi connectivity index (χ4n) is 0.349. The molecule has 51 valence electrons. The Kier molecular flexibility index (Phi) is 7.77. The van der Waals surface area contributed by atoms with Crippen molar-refractivity contribution >= 4 is 0 Å². The number of aliphatic hydroxyl groups is 2. The van der Waals surface area contributed by atoms with Gasteiger partial charge < -0.3 is 10.2 Å². The van der Waals surface area contributed by atoms with Crippen LogP contribution in [-0.4, -0.2) is 22.7 Å². The Labute approximate surface area is 59.6 Å². The first kappa shape index (κ1) is 11.2. The Hall–Kier alpha value is 0.399. The zero-order valence-corrected chi connectivity index (χ0v) is 6.11. The summed E-state index contributed by atoms with van der Waals surface area (Å²) in [5.74, 6) is 0. The first-order valence-electron chi connectivity index (χ1n) is 2.25. The van der Waals surface area contributed by atoms with E-state index < -0.39 is 12.5 Å². The van der Waals surface area contributed by atoms with E-state index in [9.17, 15) is 0 Å². The molecular weight excluding hydrogens is 149 g/mol. The molecule has 0 aromatic rings. The van der Waals surface area contributed by atoms with Crippen molar-refractivity contribution in [2.75, 3.05) is 0 Å². The minimum atomic E-state index is -0.625. The average molecular weight is 160 g/mol. The molecule has 0 fully saturated rings. The molecule has 0 aliphatic carbocycles. The van der Waals surface area contributed by atoms with E-state index in [0.29, 0.717) is 0 Å². The molecule has 3 N–H and O–H groups in total. The standard InChI is InChI=1S/C4H11NO2.Mn/c1-3(6)5-4(2)7;/h3-7H,1-2H3;. The summed E-state index contributed by atoms with van der Waals surface area (Å²) in [5, 5.41) is 19.3. The second-order valence-corrected chi connectivity index (χ2v) is 1.52. The molecule has 0 saturated heterocycles. The van der Waals surface area contributed by atoms with Crippen LogP contribution in [0.3, 0.4) is 0 Å². The van der Waals surface area contributed by atoms with Gasteiger partial charge >= 0.3 is 0 Å². The molecule has 0 heterocycles. The molecule has 0 saturated carbocycles. The topological polar surface area (TPSA) is 52.5 Å². The predicted molar refractivity (Wildman–Crippen MR) is 26.5 cm³/mol. The molecule has 0 spiro atoms. The smallest absolute Gasteiger partial charge is 0.103 e. The first-order chi connectivity index (χ1) is 3.13. The van der Waals surface area contributed by atoms with Crippen LogP contribution >= 0.6 is 0 Å². The van der Waals surface area contributed by atoms with E-state index in [-0.39, 0.29) is 17.1 Å². The Bertz CT molecular complexity index is 43.3. The molecule has 0 aliphatic heterocycles. The fraction of sp³-hybridized carbons (Fsp3) is 1.00. The van der Waals surface area contributed by atoms with Gasteiger partial charge in [-0.3, -0.25) is 5.32 Å². The number of rotatable bonds is 2. The van der Waals surface area contributed by atoms with Crippen molar-refractivity contribution in [1.82, 2.24) is 5.32 Å². The maximum Gasteiger partial charge on any atom is 0.103 e. The van der Waals surface area contributed by atoms with Crippen LogP contribution in [0.15, 0.2) is 0 Å². The third-order valence-corrected chi connectivity index (χ3v) is 0.482. The molecule has 4 heteroatoms. The molecule has 0 aromatic carbocycles. The summed E-state index contributed by atoms with van der Waals surface area (Å²) < 4.78 is 0. The second kappa shape index (κ2) is 5.53. The molecular formula is C4H11MnNO2. The van der Waals surface area contributed by atoms with Gasteiger partial charge in [0.2, 0.25) is 0 Å². The van der Waals surface area contributed by atoms with Gasteiger partial charge in [-0.2, -0.15) is 0 Å². The van der Waals surface area contributed by atoms with Crippen molar-refractivity contribution in [3.05, 3.63) is 0 Å². The van der Waals surface area contributed by atoms with Crippen LogP contribution in [-0.2, 0) is 17.1 Å². The van der Waals surface area contributed by atoms with Gasteiger partial charge in [-0.15, -0.1) is 0 Å². The molecule has 3 nitrogen and oxygen atoms in total. The molecule has 0 bridgehead atoms. The SMILES string of the molecule is CC(O)NC(C)O.[Mn]. The molecule has 1 radical (unpaired) electrons. The summed E-state index contributed by atoms with van der Waals surface area (Å²) >= 11 is 0. The number of hydrogen-bond donors (Lipinski definition) is 3. The van der Waals surface area contributed by atoms with Crippen LogP contribution in [0.25, 0.3) is 0 Å². The van der Waals surface area contributed by atoms with Gasteiger partial charge in [-0.25, -0.2) is 0 Å². The molecule has 0 aliphatic rings. The van der Waals surface area contributed by atoms with Crippen molar-refractivity contribution in [2.24, 2.45) is 0 Å². The predicted octanol–water partition coefficient (Wildman–Crippen LogP) is -0.750. The fourth-order valence-corrected chi connectivity index (χ4v) is 0.349. The van der Waals surface area contributed by atoms with Crippen molar-refractivity contribution in [3.8, 4) is 0 Å². The van der Waals surface area contributed by atoms with Crippen LogP contribution < -0.4 is 5.32 Å². The third-order valence-electron chi connectivity index (χ3n) is 0.482. The molecule has 0 aromatic heterocycles. The summed E-state index contributed by atoms with van der Waals surface area (Å²) in [4.78, 5) is 0. The van der Waals surface area contributed by atoms with E-state index in [0.717, 1.165) is 0 Å². The van der Waals surface area contributed by atoms with E-state index in [1.807, 2.05) is 0 Å². The summed E-state index contributed by atoms with van der Waals surface area (Å²) in [6.07, 6.45) is -1.25. The van der Waals surface area contributed by atoms with Crippen molar-refractivity contribution in [2.45, 2.75) is 26.3 Å². The Morgan fingerprint density at radius 3 is 1.38 bits per heavy atom. The van der Waals surface area contributed by atoms with E-state index in [1.54, 1.807) is 13.8 Å². The molecule has 0 amide bonds. The average Bonchev–Trinajstić information content (AvgIpc) is 1.27. The van der Waals surface area contributed by atoms with Gasteiger partial charge in [0, 0.05) is 17.1 Å². The molecule has 2 atom stereocenters. The largest absolute Gasteiger partial charge is 0.379 e. The minimum absolute atomic E-state index is 0. The Morgan fingerprint density at radius 1 is 1.12 bits per heavy atom. The van der Waals surface area contributed by atoms with E-state index >= 15 is 0 Å². The minimum Gasteiger partial charge on any atom is -0.379 e. The van der Waals surface area contributed by atoms with Crippen molar-refractivity contribution in [1.29, 1.82) is 0 Å². The van der Waals surface area contributed by atoms with Gasteiger partial charge in [-0.05, 0) is 13.8 Å². The zero-order chi connectivity index (χ0) is 5.86. The van der Waals surface area contributed by atoms with E-state index in [1.165, 1.54) is 0 Å². The zero-order valence-electron chi connectivity index (χ0n) is 4.93. The van der Waals surface area contributed by atoms with Crippen LogP contribution in [0.2, 0.25) is 0 Å². The maximum atomic E-state index is 8.45. The maximum absolute atomic E-state index is 8.45. The van der Waals surface area contributed by atoms with Gasteiger partial charge in [0.15, 0.2) is 0 Å². The second-order valence-electron chi connectivity index (χ2n) is 1.52. The van der Waals surface area contributed by atoms with E-state index in [2.05, 4.69) is 5.32 Å². The molecule has 2 unspecified atom stereocenters. The Morgan fingerprint density at radius 2 is 1.38 bits per heavy atom. The number of hydrogen-bond acceptors (Lipinski definition) is 3. The number of aliphatic hydroxyl groups excluding tert-OH is 2. The molecule has 8 heavy (non-hydrogen) atoms. The quantitative estimate of drug-likeness (QED) is 0.368. The normalized spacial score (nSPS) is 16.5. The summed E-state index contributed by atoms with van der Waals surface area (Å²) in [7, 11) is 0. The van der Waals surface area contributed by atoms with Crippen molar-refractivity contribution < 1.29 is 27.3 Å². The Balaban J connectivity index is 0. The summed E-state index contributed by atoms with van der Waals surface area (Å²) in [5.41, 5.74) is 0. The van der Waals surface area contributed by atoms with Gasteiger partial charge in [0.25, 0.3) is 0 Å². The number of nitrogens with one attached hydrogen (secondary N) is 1. The molecule has 0 rings (SSSR count). The monoisotopic (exact) mass is 160 g/mol. The van der Waals surface area contributed by atoms with E-state index in [4.69, 9.17) is 10.2 Å². The third kappa shape index (κ3) is 9.64. The van der Waals surface area contributed by atoms with Crippen LogP contribution in [0.1, 0.15) is 13.8 Å². The van der Waals surface area contributed by atoms with Crippen molar-refractivity contribution in [3.63, 3.8) is 0 Å². The summed E-state index contributed by atoms with van der Waals surface area (Å²) in [6, 6.07) is 0.